The predicted molar refractivity (Wildman–Crippen MR) is 99.0 cm³/mol. The van der Waals surface area contributed by atoms with Crippen LogP contribution in [0, 0.1) is 41.5 Å². The van der Waals surface area contributed by atoms with Gasteiger partial charge in [-0.2, -0.15) is 0 Å². The van der Waals surface area contributed by atoms with Gasteiger partial charge in [-0.1, -0.05) is 35.4 Å². The number of anilines is 1. The van der Waals surface area contributed by atoms with E-state index < -0.39 is 0 Å². The molecule has 1 N–H and O–H groups in total. The molecule has 1 unspecified atom stereocenters. The molecule has 0 saturated carbocycles. The van der Waals surface area contributed by atoms with Crippen LogP contribution in [0.4, 0.5) is 11.4 Å². The van der Waals surface area contributed by atoms with Crippen molar-refractivity contribution in [2.24, 2.45) is 0 Å². The Bertz CT molecular complexity index is 642. The fraction of sp³-hybridized carbons (Fsp3) is 0.429. The number of halogens is 1. The third-order valence-electron chi connectivity index (χ3n) is 5.05. The van der Waals surface area contributed by atoms with E-state index in [0.29, 0.717) is 0 Å². The lowest BCUT2D eigenvalue weighted by Gasteiger charge is -2.23. The molecule has 3 heteroatoms. The summed E-state index contributed by atoms with van der Waals surface area (Å²) in [6.45, 7) is 16.8. The van der Waals surface area contributed by atoms with Crippen LogP contribution in [0.25, 0.3) is 0 Å². The number of nitrogens with one attached hydrogen (secondary N) is 1. The SMILES string of the molecule is Cc1cc(C)c(N2CC[NH+](c3c(C)cc(C)cc3C)C2)c(C)c1.[Br-]. The van der Waals surface area contributed by atoms with Crippen LogP contribution in [-0.4, -0.2) is 19.8 Å². The molecule has 1 heterocycles. The Labute approximate surface area is 157 Å². The highest BCUT2D eigenvalue weighted by molar-refractivity contribution is 5.60. The molecule has 0 aromatic heterocycles. The zero-order valence-corrected chi connectivity index (χ0v) is 17.3. The van der Waals surface area contributed by atoms with Crippen molar-refractivity contribution in [2.75, 3.05) is 24.7 Å². The van der Waals surface area contributed by atoms with Gasteiger partial charge in [-0.15, -0.1) is 0 Å². The van der Waals surface area contributed by atoms with Crippen LogP contribution in [0.5, 0.6) is 0 Å². The first-order valence-corrected chi connectivity index (χ1v) is 8.62. The Morgan fingerprint density at radius 1 is 0.750 bits per heavy atom. The van der Waals surface area contributed by atoms with E-state index in [4.69, 9.17) is 0 Å². The van der Waals surface area contributed by atoms with Crippen molar-refractivity contribution < 1.29 is 21.9 Å². The maximum atomic E-state index is 2.57. The van der Waals surface area contributed by atoms with Crippen molar-refractivity contribution in [1.29, 1.82) is 0 Å². The van der Waals surface area contributed by atoms with Gasteiger partial charge in [-0.3, -0.25) is 4.90 Å². The summed E-state index contributed by atoms with van der Waals surface area (Å²) < 4.78 is 0. The first kappa shape index (κ1) is 19.0. The zero-order valence-electron chi connectivity index (χ0n) is 15.8. The summed E-state index contributed by atoms with van der Waals surface area (Å²) in [4.78, 5) is 4.16. The van der Waals surface area contributed by atoms with Crippen molar-refractivity contribution in [3.05, 3.63) is 57.6 Å². The molecule has 1 saturated heterocycles. The van der Waals surface area contributed by atoms with Crippen molar-refractivity contribution in [3.8, 4) is 0 Å². The molecule has 24 heavy (non-hydrogen) atoms. The Morgan fingerprint density at radius 3 is 1.71 bits per heavy atom. The highest BCUT2D eigenvalue weighted by atomic mass is 79.9. The van der Waals surface area contributed by atoms with Crippen molar-refractivity contribution in [3.63, 3.8) is 0 Å². The molecule has 2 nitrogen and oxygen atoms in total. The Kier molecular flexibility index (Phi) is 5.77. The molecule has 3 rings (SSSR count). The minimum atomic E-state index is 0. The van der Waals surface area contributed by atoms with E-state index in [-0.39, 0.29) is 17.0 Å². The number of aryl methyl sites for hydroxylation is 6. The molecule has 0 spiro atoms. The third-order valence-corrected chi connectivity index (χ3v) is 5.05. The van der Waals surface area contributed by atoms with Gasteiger partial charge in [0.25, 0.3) is 0 Å². The second-order valence-electron chi connectivity index (χ2n) is 7.30. The minimum Gasteiger partial charge on any atom is -1.00 e. The maximum Gasteiger partial charge on any atom is 0.157 e. The second kappa shape index (κ2) is 7.28. The van der Waals surface area contributed by atoms with E-state index >= 15 is 0 Å². The van der Waals surface area contributed by atoms with E-state index in [0.717, 1.165) is 13.2 Å². The van der Waals surface area contributed by atoms with Crippen molar-refractivity contribution in [1.82, 2.24) is 0 Å². The molecule has 2 aromatic rings. The van der Waals surface area contributed by atoms with E-state index in [1.165, 1.54) is 51.3 Å². The number of benzene rings is 2. The van der Waals surface area contributed by atoms with Gasteiger partial charge >= 0.3 is 0 Å². The third kappa shape index (κ3) is 3.52. The second-order valence-corrected chi connectivity index (χ2v) is 7.30. The summed E-state index contributed by atoms with van der Waals surface area (Å²) in [6, 6.07) is 9.26. The van der Waals surface area contributed by atoms with Crippen LogP contribution in [0.2, 0.25) is 0 Å². The van der Waals surface area contributed by atoms with Crippen LogP contribution >= 0.6 is 0 Å². The van der Waals surface area contributed by atoms with E-state index in [2.05, 4.69) is 70.7 Å². The number of rotatable bonds is 2. The highest BCUT2D eigenvalue weighted by Gasteiger charge is 2.29. The number of quaternary nitrogens is 1. The smallest absolute Gasteiger partial charge is 0.157 e. The predicted octanol–water partition coefficient (Wildman–Crippen LogP) is 0.535. The van der Waals surface area contributed by atoms with E-state index in [1.807, 2.05) is 0 Å². The summed E-state index contributed by atoms with van der Waals surface area (Å²) in [7, 11) is 0. The number of nitrogens with zero attached hydrogens (tertiary/aromatic N) is 1. The first-order chi connectivity index (χ1) is 10.9. The quantitative estimate of drug-likeness (QED) is 0.788. The highest BCUT2D eigenvalue weighted by Crippen LogP contribution is 2.27. The van der Waals surface area contributed by atoms with Crippen LogP contribution in [0.15, 0.2) is 24.3 Å². The fourth-order valence-corrected chi connectivity index (χ4v) is 4.46. The Balaban J connectivity index is 0.00000208. The summed E-state index contributed by atoms with van der Waals surface area (Å²) in [5.41, 5.74) is 11.3. The van der Waals surface area contributed by atoms with Gasteiger partial charge in [0.15, 0.2) is 6.67 Å². The molecular weight excluding hydrogens is 360 g/mol. The lowest BCUT2D eigenvalue weighted by molar-refractivity contribution is -0.817. The van der Waals surface area contributed by atoms with Crippen LogP contribution in [0.3, 0.4) is 0 Å². The van der Waals surface area contributed by atoms with E-state index in [1.54, 1.807) is 4.90 Å². The molecule has 0 bridgehead atoms. The van der Waals surface area contributed by atoms with Crippen molar-refractivity contribution >= 4 is 11.4 Å². The van der Waals surface area contributed by atoms with Crippen LogP contribution in [0.1, 0.15) is 33.4 Å². The van der Waals surface area contributed by atoms with Gasteiger partial charge in [0.1, 0.15) is 12.2 Å². The van der Waals surface area contributed by atoms with E-state index in [9.17, 15) is 0 Å². The zero-order chi connectivity index (χ0) is 16.7. The Hall–Kier alpha value is -1.32. The summed E-state index contributed by atoms with van der Waals surface area (Å²) in [6.07, 6.45) is 0. The van der Waals surface area contributed by atoms with Crippen molar-refractivity contribution in [2.45, 2.75) is 41.5 Å². The minimum absolute atomic E-state index is 0. The van der Waals surface area contributed by atoms with Gasteiger partial charge in [0, 0.05) is 16.8 Å². The van der Waals surface area contributed by atoms with Crippen LogP contribution < -0.4 is 26.8 Å². The Morgan fingerprint density at radius 2 is 1.21 bits per heavy atom. The average Bonchev–Trinajstić information content (AvgIpc) is 2.85. The molecule has 1 aliphatic rings. The molecule has 1 aliphatic heterocycles. The summed E-state index contributed by atoms with van der Waals surface area (Å²) >= 11 is 0. The largest absolute Gasteiger partial charge is 1.00 e. The molecule has 1 fully saturated rings. The standard InChI is InChI=1S/C21H28N2.BrH/c1-14-9-16(3)20(17(4)10-14)22-7-8-23(13-22)21-18(5)11-15(2)12-19(21)6;/h9-12H,7-8,13H2,1-6H3;1H. The topological polar surface area (TPSA) is 7.68 Å². The van der Waals surface area contributed by atoms with Gasteiger partial charge in [-0.25, -0.2) is 0 Å². The molecule has 2 aromatic carbocycles. The first-order valence-electron chi connectivity index (χ1n) is 8.62. The molecule has 0 amide bonds. The monoisotopic (exact) mass is 388 g/mol. The van der Waals surface area contributed by atoms with Gasteiger partial charge in [-0.05, 0) is 52.7 Å². The maximum absolute atomic E-state index is 2.57. The molecular formula is C21H29BrN2. The summed E-state index contributed by atoms with van der Waals surface area (Å²) in [5, 5.41) is 0. The normalized spacial score (nSPS) is 17.1. The molecule has 0 aliphatic carbocycles. The lowest BCUT2D eigenvalue weighted by Crippen LogP contribution is -3.06. The molecule has 0 radical (unpaired) electrons. The van der Waals surface area contributed by atoms with Gasteiger partial charge < -0.3 is 21.9 Å². The average molecular weight is 389 g/mol. The lowest BCUT2D eigenvalue weighted by atomic mass is 10.0. The number of hydrogen-bond acceptors (Lipinski definition) is 1. The van der Waals surface area contributed by atoms with Crippen LogP contribution in [-0.2, 0) is 0 Å². The molecule has 130 valence electrons. The summed E-state index contributed by atoms with van der Waals surface area (Å²) in [5.74, 6) is 0. The fourth-order valence-electron chi connectivity index (χ4n) is 4.46. The van der Waals surface area contributed by atoms with Gasteiger partial charge in [0.05, 0.1) is 6.54 Å². The molecule has 1 atom stereocenters. The van der Waals surface area contributed by atoms with Gasteiger partial charge in [0.2, 0.25) is 0 Å². The number of hydrogen-bond donors (Lipinski definition) is 1.